The highest BCUT2D eigenvalue weighted by molar-refractivity contribution is 9.10. The van der Waals surface area contributed by atoms with Gasteiger partial charge in [-0.2, -0.15) is 0 Å². The molecule has 0 fully saturated rings. The SMILES string of the molecule is O=C(Nc1cc(F)ccc1Br)c1ccccc1S. The van der Waals surface area contributed by atoms with Gasteiger partial charge in [0.15, 0.2) is 0 Å². The first-order valence-electron chi connectivity index (χ1n) is 5.12. The van der Waals surface area contributed by atoms with Crippen molar-refractivity contribution in [3.63, 3.8) is 0 Å². The maximum Gasteiger partial charge on any atom is 0.256 e. The summed E-state index contributed by atoms with van der Waals surface area (Å²) in [5, 5.41) is 2.63. The molecule has 0 atom stereocenters. The van der Waals surface area contributed by atoms with Crippen LogP contribution in [0.2, 0.25) is 0 Å². The van der Waals surface area contributed by atoms with Gasteiger partial charge in [-0.05, 0) is 46.3 Å². The second-order valence-electron chi connectivity index (χ2n) is 3.60. The quantitative estimate of drug-likeness (QED) is 0.799. The predicted molar refractivity (Wildman–Crippen MR) is 75.7 cm³/mol. The lowest BCUT2D eigenvalue weighted by Crippen LogP contribution is -2.13. The molecule has 2 rings (SSSR count). The number of rotatable bonds is 2. The van der Waals surface area contributed by atoms with Gasteiger partial charge in [0, 0.05) is 9.37 Å². The minimum atomic E-state index is -0.410. The van der Waals surface area contributed by atoms with E-state index in [9.17, 15) is 9.18 Å². The van der Waals surface area contributed by atoms with Crippen molar-refractivity contribution in [1.29, 1.82) is 0 Å². The lowest BCUT2D eigenvalue weighted by atomic mass is 10.2. The number of benzene rings is 2. The first-order valence-corrected chi connectivity index (χ1v) is 6.36. The number of carbonyl (C=O) groups excluding carboxylic acids is 1. The highest BCUT2D eigenvalue weighted by atomic mass is 79.9. The van der Waals surface area contributed by atoms with Crippen molar-refractivity contribution in [3.05, 3.63) is 58.3 Å². The molecule has 0 unspecified atom stereocenters. The number of halogens is 2. The number of nitrogens with one attached hydrogen (secondary N) is 1. The van der Waals surface area contributed by atoms with E-state index in [1.807, 2.05) is 0 Å². The molecule has 0 aromatic heterocycles. The van der Waals surface area contributed by atoms with E-state index in [0.717, 1.165) is 0 Å². The Morgan fingerprint density at radius 1 is 1.22 bits per heavy atom. The molecule has 0 radical (unpaired) electrons. The van der Waals surface area contributed by atoms with Crippen molar-refractivity contribution in [3.8, 4) is 0 Å². The van der Waals surface area contributed by atoms with Crippen LogP contribution in [0.3, 0.4) is 0 Å². The van der Waals surface area contributed by atoms with Crippen LogP contribution in [0.1, 0.15) is 10.4 Å². The molecule has 0 saturated carbocycles. The van der Waals surface area contributed by atoms with Gasteiger partial charge in [-0.25, -0.2) is 4.39 Å². The van der Waals surface area contributed by atoms with Crippen molar-refractivity contribution in [2.24, 2.45) is 0 Å². The van der Waals surface area contributed by atoms with Crippen LogP contribution in [0.5, 0.6) is 0 Å². The van der Waals surface area contributed by atoms with E-state index < -0.39 is 5.82 Å². The van der Waals surface area contributed by atoms with Gasteiger partial charge in [0.2, 0.25) is 0 Å². The monoisotopic (exact) mass is 325 g/mol. The smallest absolute Gasteiger partial charge is 0.256 e. The molecule has 2 aromatic rings. The van der Waals surface area contributed by atoms with E-state index in [2.05, 4.69) is 33.9 Å². The first-order chi connectivity index (χ1) is 8.58. The first kappa shape index (κ1) is 13.1. The Balaban J connectivity index is 2.27. The highest BCUT2D eigenvalue weighted by Crippen LogP contribution is 2.24. The Labute approximate surface area is 118 Å². The zero-order valence-electron chi connectivity index (χ0n) is 9.15. The molecule has 18 heavy (non-hydrogen) atoms. The molecule has 1 N–H and O–H groups in total. The van der Waals surface area contributed by atoms with E-state index in [-0.39, 0.29) is 5.91 Å². The number of anilines is 1. The van der Waals surface area contributed by atoms with Gasteiger partial charge in [-0.3, -0.25) is 4.79 Å². The number of amides is 1. The number of thiol groups is 1. The summed E-state index contributed by atoms with van der Waals surface area (Å²) in [6, 6.07) is 11.0. The second kappa shape index (κ2) is 5.54. The van der Waals surface area contributed by atoms with Gasteiger partial charge >= 0.3 is 0 Å². The Hall–Kier alpha value is -1.33. The van der Waals surface area contributed by atoms with Crippen molar-refractivity contribution in [1.82, 2.24) is 0 Å². The minimum Gasteiger partial charge on any atom is -0.321 e. The molecular weight excluding hydrogens is 317 g/mol. The van der Waals surface area contributed by atoms with Gasteiger partial charge in [0.05, 0.1) is 11.3 Å². The topological polar surface area (TPSA) is 29.1 Å². The molecule has 0 spiro atoms. The van der Waals surface area contributed by atoms with Crippen LogP contribution in [-0.2, 0) is 0 Å². The molecule has 2 aromatic carbocycles. The molecule has 0 aliphatic heterocycles. The Kier molecular flexibility index (Phi) is 4.04. The number of carbonyl (C=O) groups is 1. The van der Waals surface area contributed by atoms with E-state index in [0.29, 0.717) is 20.6 Å². The molecular formula is C13H9BrFNOS. The van der Waals surface area contributed by atoms with Gasteiger partial charge in [-0.1, -0.05) is 12.1 Å². The number of hydrogen-bond acceptors (Lipinski definition) is 2. The van der Waals surface area contributed by atoms with Gasteiger partial charge < -0.3 is 5.32 Å². The minimum absolute atomic E-state index is 0.327. The lowest BCUT2D eigenvalue weighted by molar-refractivity contribution is 0.102. The fourth-order valence-electron chi connectivity index (χ4n) is 1.45. The Morgan fingerprint density at radius 2 is 1.94 bits per heavy atom. The maximum absolute atomic E-state index is 13.1. The van der Waals surface area contributed by atoms with Crippen LogP contribution in [0.4, 0.5) is 10.1 Å². The third kappa shape index (κ3) is 2.91. The van der Waals surface area contributed by atoms with Crippen LogP contribution >= 0.6 is 28.6 Å². The van der Waals surface area contributed by atoms with E-state index in [1.54, 1.807) is 24.3 Å². The summed E-state index contributed by atoms with van der Waals surface area (Å²) in [5.41, 5.74) is 0.827. The molecule has 0 heterocycles. The molecule has 0 aliphatic carbocycles. The fraction of sp³-hybridized carbons (Fsp3) is 0. The standard InChI is InChI=1S/C13H9BrFNOS/c14-10-6-5-8(15)7-11(10)16-13(17)9-3-1-2-4-12(9)18/h1-7,18H,(H,16,17). The largest absolute Gasteiger partial charge is 0.321 e. The van der Waals surface area contributed by atoms with Gasteiger partial charge in [-0.15, -0.1) is 12.6 Å². The summed E-state index contributed by atoms with van der Waals surface area (Å²) in [4.78, 5) is 12.6. The zero-order valence-corrected chi connectivity index (χ0v) is 11.6. The summed E-state index contributed by atoms with van der Waals surface area (Å²) >= 11 is 7.45. The average Bonchev–Trinajstić information content (AvgIpc) is 2.34. The number of hydrogen-bond donors (Lipinski definition) is 2. The van der Waals surface area contributed by atoms with Crippen LogP contribution in [0, 0.1) is 5.82 Å². The molecule has 92 valence electrons. The van der Waals surface area contributed by atoms with Gasteiger partial charge in [0.1, 0.15) is 5.82 Å². The lowest BCUT2D eigenvalue weighted by Gasteiger charge is -2.08. The van der Waals surface area contributed by atoms with E-state index >= 15 is 0 Å². The highest BCUT2D eigenvalue weighted by Gasteiger charge is 2.11. The average molecular weight is 326 g/mol. The zero-order chi connectivity index (χ0) is 13.1. The summed E-state index contributed by atoms with van der Waals surface area (Å²) in [6.07, 6.45) is 0. The second-order valence-corrected chi connectivity index (χ2v) is 4.93. The summed E-state index contributed by atoms with van der Waals surface area (Å²) in [5.74, 6) is -0.737. The molecule has 2 nitrogen and oxygen atoms in total. The summed E-state index contributed by atoms with van der Waals surface area (Å²) in [7, 11) is 0. The van der Waals surface area contributed by atoms with E-state index in [1.165, 1.54) is 18.2 Å². The summed E-state index contributed by atoms with van der Waals surface area (Å²) < 4.78 is 13.7. The van der Waals surface area contributed by atoms with Crippen LogP contribution in [-0.4, -0.2) is 5.91 Å². The Morgan fingerprint density at radius 3 is 2.67 bits per heavy atom. The third-order valence-corrected chi connectivity index (χ3v) is 3.41. The van der Waals surface area contributed by atoms with Crippen LogP contribution < -0.4 is 5.32 Å². The molecule has 0 saturated heterocycles. The van der Waals surface area contributed by atoms with Crippen molar-refractivity contribution < 1.29 is 9.18 Å². The van der Waals surface area contributed by atoms with Crippen molar-refractivity contribution >= 4 is 40.2 Å². The van der Waals surface area contributed by atoms with Crippen molar-refractivity contribution in [2.45, 2.75) is 4.90 Å². The fourth-order valence-corrected chi connectivity index (χ4v) is 2.06. The maximum atomic E-state index is 13.1. The van der Waals surface area contributed by atoms with Crippen molar-refractivity contribution in [2.75, 3.05) is 5.32 Å². The normalized spacial score (nSPS) is 10.2. The van der Waals surface area contributed by atoms with E-state index in [4.69, 9.17) is 0 Å². The third-order valence-electron chi connectivity index (χ3n) is 2.33. The Bertz CT molecular complexity index is 603. The molecule has 0 bridgehead atoms. The predicted octanol–water partition coefficient (Wildman–Crippen LogP) is 4.13. The molecule has 0 aliphatic rings. The summed E-state index contributed by atoms with van der Waals surface area (Å²) in [6.45, 7) is 0. The molecule has 5 heteroatoms. The van der Waals surface area contributed by atoms with Crippen LogP contribution in [0.25, 0.3) is 0 Å². The van der Waals surface area contributed by atoms with Gasteiger partial charge in [0.25, 0.3) is 5.91 Å². The van der Waals surface area contributed by atoms with Crippen LogP contribution in [0.15, 0.2) is 51.8 Å². The molecule has 1 amide bonds.